The molecule has 0 aliphatic heterocycles. The molecule has 0 spiro atoms. The van der Waals surface area contributed by atoms with Crippen LogP contribution in [0.25, 0.3) is 0 Å². The van der Waals surface area contributed by atoms with Gasteiger partial charge in [0, 0.05) is 24.7 Å². The molecule has 0 radical (unpaired) electrons. The lowest BCUT2D eigenvalue weighted by Crippen LogP contribution is -2.18. The highest BCUT2D eigenvalue weighted by atomic mass is 16.4. The Labute approximate surface area is 156 Å². The Morgan fingerprint density at radius 2 is 1.96 bits per heavy atom. The summed E-state index contributed by atoms with van der Waals surface area (Å²) in [6.45, 7) is 2.11. The van der Waals surface area contributed by atoms with E-state index in [9.17, 15) is 19.6 Å². The number of nitroso groups, excluding NO2 is 1. The number of carboxylic acids is 1. The maximum atomic E-state index is 12.2. The molecule has 6 heteroatoms. The molecule has 0 aromatic rings. The first-order valence-electron chi connectivity index (χ1n) is 9.93. The van der Waals surface area contributed by atoms with Crippen molar-refractivity contribution in [3.63, 3.8) is 0 Å². The summed E-state index contributed by atoms with van der Waals surface area (Å²) in [4.78, 5) is 33.8. The van der Waals surface area contributed by atoms with Crippen molar-refractivity contribution in [2.24, 2.45) is 17.0 Å². The molecule has 0 saturated heterocycles. The summed E-state index contributed by atoms with van der Waals surface area (Å²) in [5.74, 6) is -1.13. The molecule has 0 unspecified atom stereocenters. The van der Waals surface area contributed by atoms with Crippen LogP contribution >= 0.6 is 0 Å². The van der Waals surface area contributed by atoms with Crippen LogP contribution in [-0.4, -0.2) is 34.1 Å². The highest BCUT2D eigenvalue weighted by molar-refractivity contribution is 5.85. The van der Waals surface area contributed by atoms with E-state index >= 15 is 0 Å². The second-order valence-corrected chi connectivity index (χ2v) is 7.32. The maximum absolute atomic E-state index is 12.2. The van der Waals surface area contributed by atoms with Gasteiger partial charge in [0.15, 0.2) is 0 Å². The topological polar surface area (TPSA) is 104 Å². The van der Waals surface area contributed by atoms with Gasteiger partial charge in [0.2, 0.25) is 0 Å². The Kier molecular flexibility index (Phi) is 11.0. The lowest BCUT2D eigenvalue weighted by atomic mass is 9.88. The number of nitrogens with zero attached hydrogens (tertiary/aromatic N) is 1. The quantitative estimate of drug-likeness (QED) is 0.271. The molecule has 26 heavy (non-hydrogen) atoms. The lowest BCUT2D eigenvalue weighted by molar-refractivity contribution is -0.137. The van der Waals surface area contributed by atoms with E-state index in [2.05, 4.69) is 12.1 Å². The van der Waals surface area contributed by atoms with E-state index in [0.29, 0.717) is 19.3 Å². The van der Waals surface area contributed by atoms with Gasteiger partial charge in [-0.3, -0.25) is 9.59 Å². The third kappa shape index (κ3) is 8.21. The SMILES string of the molecule is CCCCC[C@H](O)/C=C/[C@H]1[C@H](N=O)CC(=O)[C@@H]1CCCCCCC(=O)O. The fraction of sp³-hybridized carbons (Fsp3) is 0.800. The third-order valence-electron chi connectivity index (χ3n) is 5.18. The van der Waals surface area contributed by atoms with Gasteiger partial charge in [-0.05, 0) is 19.3 Å². The molecule has 2 N–H and O–H groups in total. The van der Waals surface area contributed by atoms with E-state index in [0.717, 1.165) is 38.5 Å². The minimum absolute atomic E-state index is 0.0789. The number of aliphatic hydroxyl groups excluding tert-OH is 1. The fourth-order valence-corrected chi connectivity index (χ4v) is 3.65. The number of carbonyl (C=O) groups is 2. The highest BCUT2D eigenvalue weighted by Gasteiger charge is 2.41. The zero-order chi connectivity index (χ0) is 19.4. The summed E-state index contributed by atoms with van der Waals surface area (Å²) in [5.41, 5.74) is 0. The Morgan fingerprint density at radius 1 is 1.23 bits per heavy atom. The van der Waals surface area contributed by atoms with Gasteiger partial charge < -0.3 is 10.2 Å². The first-order valence-corrected chi connectivity index (χ1v) is 9.93. The van der Waals surface area contributed by atoms with Gasteiger partial charge in [0.05, 0.1) is 6.10 Å². The van der Waals surface area contributed by atoms with Crippen molar-refractivity contribution in [3.05, 3.63) is 17.1 Å². The number of unbranched alkanes of at least 4 members (excludes halogenated alkanes) is 5. The monoisotopic (exact) mass is 367 g/mol. The Balaban J connectivity index is 2.48. The van der Waals surface area contributed by atoms with Crippen LogP contribution in [0.15, 0.2) is 17.3 Å². The highest BCUT2D eigenvalue weighted by Crippen LogP contribution is 2.36. The normalized spacial score (nSPS) is 24.2. The van der Waals surface area contributed by atoms with Crippen LogP contribution in [-0.2, 0) is 9.59 Å². The zero-order valence-electron chi connectivity index (χ0n) is 15.8. The molecule has 1 fully saturated rings. The second kappa shape index (κ2) is 12.7. The van der Waals surface area contributed by atoms with Gasteiger partial charge >= 0.3 is 5.97 Å². The summed E-state index contributed by atoms with van der Waals surface area (Å²) in [6, 6.07) is -0.529. The Bertz CT molecular complexity index is 477. The molecular weight excluding hydrogens is 334 g/mol. The summed E-state index contributed by atoms with van der Waals surface area (Å²) in [5, 5.41) is 21.8. The van der Waals surface area contributed by atoms with Gasteiger partial charge in [-0.25, -0.2) is 0 Å². The van der Waals surface area contributed by atoms with E-state index in [1.807, 2.05) is 6.08 Å². The van der Waals surface area contributed by atoms with Crippen LogP contribution in [0, 0.1) is 16.7 Å². The third-order valence-corrected chi connectivity index (χ3v) is 5.18. The van der Waals surface area contributed by atoms with Gasteiger partial charge in [-0.15, -0.1) is 0 Å². The molecule has 6 nitrogen and oxygen atoms in total. The standard InChI is InChI=1S/C20H33NO5/c1-2-3-6-9-15(22)12-13-16-17(19(23)14-18(16)21-26)10-7-4-5-8-11-20(24)25/h12-13,15-18,22H,2-11,14H2,1H3,(H,24,25)/b13-12+/t15-,16+,17+,18+/m0/s1. The minimum atomic E-state index is -0.779. The Hall–Kier alpha value is -1.56. The average molecular weight is 367 g/mol. The number of rotatable bonds is 14. The van der Waals surface area contributed by atoms with E-state index < -0.39 is 18.1 Å². The van der Waals surface area contributed by atoms with Crippen molar-refractivity contribution in [2.75, 3.05) is 0 Å². The summed E-state index contributed by atoms with van der Waals surface area (Å²) >= 11 is 0. The van der Waals surface area contributed by atoms with Crippen molar-refractivity contribution in [3.8, 4) is 0 Å². The molecule has 1 aliphatic rings. The number of carboxylic acid groups (broad SMARTS) is 1. The molecule has 0 bridgehead atoms. The van der Waals surface area contributed by atoms with Crippen LogP contribution in [0.4, 0.5) is 0 Å². The van der Waals surface area contributed by atoms with Crippen molar-refractivity contribution in [1.29, 1.82) is 0 Å². The van der Waals surface area contributed by atoms with Gasteiger partial charge in [-0.1, -0.05) is 62.8 Å². The number of aliphatic carboxylic acids is 1. The average Bonchev–Trinajstić information content (AvgIpc) is 2.91. The molecule has 1 saturated carbocycles. The van der Waals surface area contributed by atoms with E-state index in [4.69, 9.17) is 5.11 Å². The number of hydrogen-bond donors (Lipinski definition) is 2. The predicted molar refractivity (Wildman–Crippen MR) is 101 cm³/mol. The molecule has 0 aromatic carbocycles. The molecule has 0 aromatic heterocycles. The molecular formula is C20H33NO5. The van der Waals surface area contributed by atoms with Crippen molar-refractivity contribution < 1.29 is 19.8 Å². The van der Waals surface area contributed by atoms with Crippen molar-refractivity contribution >= 4 is 11.8 Å². The van der Waals surface area contributed by atoms with Crippen molar-refractivity contribution in [1.82, 2.24) is 0 Å². The lowest BCUT2D eigenvalue weighted by Gasteiger charge is -2.17. The van der Waals surface area contributed by atoms with Crippen LogP contribution < -0.4 is 0 Å². The number of Topliss-reactive ketones (excluding diaryl/α,β-unsaturated/α-hetero) is 1. The van der Waals surface area contributed by atoms with E-state index in [-0.39, 0.29) is 30.5 Å². The number of ketones is 1. The minimum Gasteiger partial charge on any atom is -0.481 e. The summed E-state index contributed by atoms with van der Waals surface area (Å²) < 4.78 is 0. The smallest absolute Gasteiger partial charge is 0.303 e. The molecule has 4 atom stereocenters. The Morgan fingerprint density at radius 3 is 2.62 bits per heavy atom. The molecule has 1 rings (SSSR count). The predicted octanol–water partition coefficient (Wildman–Crippen LogP) is 4.25. The van der Waals surface area contributed by atoms with Gasteiger partial charge in [-0.2, -0.15) is 4.91 Å². The zero-order valence-corrected chi connectivity index (χ0v) is 15.8. The largest absolute Gasteiger partial charge is 0.481 e. The number of hydrogen-bond acceptors (Lipinski definition) is 5. The molecule has 1 aliphatic carbocycles. The molecule has 0 heterocycles. The van der Waals surface area contributed by atoms with Crippen LogP contribution in [0.5, 0.6) is 0 Å². The van der Waals surface area contributed by atoms with Crippen LogP contribution in [0.2, 0.25) is 0 Å². The van der Waals surface area contributed by atoms with E-state index in [1.165, 1.54) is 0 Å². The van der Waals surface area contributed by atoms with Gasteiger partial charge in [0.25, 0.3) is 0 Å². The maximum Gasteiger partial charge on any atom is 0.303 e. The number of carbonyl (C=O) groups excluding carboxylic acids is 1. The number of aliphatic hydroxyl groups is 1. The first kappa shape index (κ1) is 22.5. The van der Waals surface area contributed by atoms with E-state index in [1.54, 1.807) is 6.08 Å². The first-order chi connectivity index (χ1) is 12.5. The van der Waals surface area contributed by atoms with Crippen LogP contribution in [0.1, 0.15) is 77.6 Å². The van der Waals surface area contributed by atoms with Gasteiger partial charge in [0.1, 0.15) is 11.8 Å². The fourth-order valence-electron chi connectivity index (χ4n) is 3.65. The summed E-state index contributed by atoms with van der Waals surface area (Å²) in [7, 11) is 0. The molecule has 148 valence electrons. The van der Waals surface area contributed by atoms with Crippen molar-refractivity contribution in [2.45, 2.75) is 89.7 Å². The summed E-state index contributed by atoms with van der Waals surface area (Å²) in [6.07, 6.45) is 11.1. The second-order valence-electron chi connectivity index (χ2n) is 7.32. The van der Waals surface area contributed by atoms with Crippen LogP contribution in [0.3, 0.4) is 0 Å². The molecule has 0 amide bonds.